The number of rotatable bonds is 8. The van der Waals surface area contributed by atoms with Crippen molar-refractivity contribution in [3.63, 3.8) is 0 Å². The van der Waals surface area contributed by atoms with E-state index in [0.717, 1.165) is 25.3 Å². The number of halogens is 1. The summed E-state index contributed by atoms with van der Waals surface area (Å²) in [6.45, 7) is 6.32. The predicted octanol–water partition coefficient (Wildman–Crippen LogP) is 3.01. The quantitative estimate of drug-likeness (QED) is 0.735. The van der Waals surface area contributed by atoms with Crippen LogP contribution in [0.15, 0.2) is 29.2 Å². The molecule has 0 unspecified atom stereocenters. The van der Waals surface area contributed by atoms with Gasteiger partial charge in [0.05, 0.1) is 0 Å². The second-order valence-electron chi connectivity index (χ2n) is 4.49. The number of nitrogens with zero attached hydrogens (tertiary/aromatic N) is 1. The zero-order valence-corrected chi connectivity index (χ0v) is 11.9. The minimum absolute atomic E-state index is 0.144. The Balaban J connectivity index is 2.36. The molecule has 102 valence electrons. The van der Waals surface area contributed by atoms with Crippen LogP contribution in [0.2, 0.25) is 0 Å². The molecule has 1 aromatic rings. The van der Waals surface area contributed by atoms with Gasteiger partial charge in [-0.3, -0.25) is 0 Å². The van der Waals surface area contributed by atoms with Crippen LogP contribution in [-0.4, -0.2) is 41.5 Å². The van der Waals surface area contributed by atoms with Gasteiger partial charge in [0.15, 0.2) is 0 Å². The largest absolute Gasteiger partial charge is 0.396 e. The zero-order valence-electron chi connectivity index (χ0n) is 11.1. The standard InChI is InChI=1S/C14H22FNOS/c1-12(2)16(8-5-10-17)9-11-18-14-7-4-3-6-13(14)15/h3-4,6-7,12,17H,5,8-11H2,1-2H3. The third-order valence-electron chi connectivity index (χ3n) is 2.81. The topological polar surface area (TPSA) is 23.5 Å². The first-order valence-electron chi connectivity index (χ1n) is 6.37. The monoisotopic (exact) mass is 271 g/mol. The van der Waals surface area contributed by atoms with E-state index in [9.17, 15) is 4.39 Å². The first kappa shape index (κ1) is 15.5. The van der Waals surface area contributed by atoms with Crippen molar-refractivity contribution < 1.29 is 9.50 Å². The molecule has 0 amide bonds. The number of aliphatic hydroxyl groups excluding tert-OH is 1. The fraction of sp³-hybridized carbons (Fsp3) is 0.571. The van der Waals surface area contributed by atoms with Crippen LogP contribution in [0.1, 0.15) is 20.3 Å². The van der Waals surface area contributed by atoms with E-state index in [2.05, 4.69) is 18.7 Å². The summed E-state index contributed by atoms with van der Waals surface area (Å²) in [5.74, 6) is 0.721. The van der Waals surface area contributed by atoms with Gasteiger partial charge in [0.1, 0.15) is 5.82 Å². The smallest absolute Gasteiger partial charge is 0.136 e. The highest BCUT2D eigenvalue weighted by Crippen LogP contribution is 2.21. The summed E-state index contributed by atoms with van der Waals surface area (Å²) >= 11 is 1.55. The first-order valence-corrected chi connectivity index (χ1v) is 7.36. The lowest BCUT2D eigenvalue weighted by Crippen LogP contribution is -2.34. The van der Waals surface area contributed by atoms with Crippen LogP contribution in [0.5, 0.6) is 0 Å². The minimum atomic E-state index is -0.144. The molecule has 0 saturated carbocycles. The summed E-state index contributed by atoms with van der Waals surface area (Å²) in [7, 11) is 0. The van der Waals surface area contributed by atoms with Gasteiger partial charge in [0.25, 0.3) is 0 Å². The maximum atomic E-state index is 13.4. The molecule has 0 aliphatic carbocycles. The van der Waals surface area contributed by atoms with Gasteiger partial charge >= 0.3 is 0 Å². The molecule has 0 bridgehead atoms. The average molecular weight is 271 g/mol. The number of aliphatic hydroxyl groups is 1. The Morgan fingerprint density at radius 2 is 2.00 bits per heavy atom. The van der Waals surface area contributed by atoms with E-state index in [-0.39, 0.29) is 12.4 Å². The van der Waals surface area contributed by atoms with Gasteiger partial charge in [-0.25, -0.2) is 4.39 Å². The Hall–Kier alpha value is -0.580. The second kappa shape index (κ2) is 8.51. The molecule has 0 aliphatic rings. The van der Waals surface area contributed by atoms with Crippen LogP contribution in [0.25, 0.3) is 0 Å². The molecule has 2 nitrogen and oxygen atoms in total. The van der Waals surface area contributed by atoms with Gasteiger partial charge in [-0.05, 0) is 32.4 Å². The summed E-state index contributed by atoms with van der Waals surface area (Å²) in [5.41, 5.74) is 0. The fourth-order valence-electron chi connectivity index (χ4n) is 1.74. The van der Waals surface area contributed by atoms with Gasteiger partial charge in [-0.1, -0.05) is 12.1 Å². The van der Waals surface area contributed by atoms with Crippen LogP contribution in [0.4, 0.5) is 4.39 Å². The normalized spacial score (nSPS) is 11.4. The third kappa shape index (κ3) is 5.38. The Bertz CT molecular complexity index is 346. The Morgan fingerprint density at radius 1 is 1.28 bits per heavy atom. The lowest BCUT2D eigenvalue weighted by atomic mass is 10.3. The third-order valence-corrected chi connectivity index (χ3v) is 3.84. The summed E-state index contributed by atoms with van der Waals surface area (Å²) in [6, 6.07) is 7.33. The molecule has 0 radical (unpaired) electrons. The van der Waals surface area contributed by atoms with Crippen molar-refractivity contribution in [3.8, 4) is 0 Å². The molecule has 1 rings (SSSR count). The van der Waals surface area contributed by atoms with Crippen molar-refractivity contribution >= 4 is 11.8 Å². The van der Waals surface area contributed by atoms with E-state index in [0.29, 0.717) is 10.9 Å². The van der Waals surface area contributed by atoms with E-state index >= 15 is 0 Å². The van der Waals surface area contributed by atoms with Gasteiger partial charge in [-0.2, -0.15) is 0 Å². The molecule has 1 aromatic carbocycles. The molecule has 0 atom stereocenters. The van der Waals surface area contributed by atoms with E-state index in [1.54, 1.807) is 17.8 Å². The van der Waals surface area contributed by atoms with Crippen molar-refractivity contribution in [3.05, 3.63) is 30.1 Å². The van der Waals surface area contributed by atoms with Crippen molar-refractivity contribution in [2.24, 2.45) is 0 Å². The highest BCUT2D eigenvalue weighted by Gasteiger charge is 2.09. The Kier molecular flexibility index (Phi) is 7.32. The number of thioether (sulfide) groups is 1. The summed E-state index contributed by atoms with van der Waals surface area (Å²) in [6.07, 6.45) is 0.794. The van der Waals surface area contributed by atoms with Crippen LogP contribution < -0.4 is 0 Å². The van der Waals surface area contributed by atoms with Crippen LogP contribution in [0.3, 0.4) is 0 Å². The molecular weight excluding hydrogens is 249 g/mol. The molecule has 18 heavy (non-hydrogen) atoms. The Morgan fingerprint density at radius 3 is 2.61 bits per heavy atom. The zero-order chi connectivity index (χ0) is 13.4. The van der Waals surface area contributed by atoms with E-state index in [4.69, 9.17) is 5.11 Å². The maximum absolute atomic E-state index is 13.4. The maximum Gasteiger partial charge on any atom is 0.136 e. The van der Waals surface area contributed by atoms with Gasteiger partial charge in [0, 0.05) is 36.4 Å². The molecular formula is C14H22FNOS. The second-order valence-corrected chi connectivity index (χ2v) is 5.62. The fourth-order valence-corrected chi connectivity index (χ4v) is 2.66. The van der Waals surface area contributed by atoms with E-state index in [1.807, 2.05) is 12.1 Å². The highest BCUT2D eigenvalue weighted by atomic mass is 32.2. The van der Waals surface area contributed by atoms with Crippen molar-refractivity contribution in [2.45, 2.75) is 31.2 Å². The average Bonchev–Trinajstić information content (AvgIpc) is 2.35. The van der Waals surface area contributed by atoms with Crippen molar-refractivity contribution in [2.75, 3.05) is 25.4 Å². The van der Waals surface area contributed by atoms with Gasteiger partial charge in [0.2, 0.25) is 0 Å². The molecule has 0 aromatic heterocycles. The molecule has 0 aliphatic heterocycles. The SMILES string of the molecule is CC(C)N(CCCO)CCSc1ccccc1F. The molecule has 0 saturated heterocycles. The van der Waals surface area contributed by atoms with Gasteiger partial charge in [-0.15, -0.1) is 11.8 Å². The minimum Gasteiger partial charge on any atom is -0.396 e. The van der Waals surface area contributed by atoms with Crippen molar-refractivity contribution in [1.82, 2.24) is 4.90 Å². The van der Waals surface area contributed by atoms with Crippen LogP contribution >= 0.6 is 11.8 Å². The first-order chi connectivity index (χ1) is 8.65. The van der Waals surface area contributed by atoms with Crippen LogP contribution in [-0.2, 0) is 0 Å². The molecule has 1 N–H and O–H groups in total. The summed E-state index contributed by atoms with van der Waals surface area (Å²) in [4.78, 5) is 3.02. The van der Waals surface area contributed by atoms with Crippen molar-refractivity contribution in [1.29, 1.82) is 0 Å². The molecule has 0 fully saturated rings. The van der Waals surface area contributed by atoms with Gasteiger partial charge < -0.3 is 10.0 Å². The molecule has 0 heterocycles. The summed E-state index contributed by atoms with van der Waals surface area (Å²) in [5, 5.41) is 8.86. The highest BCUT2D eigenvalue weighted by molar-refractivity contribution is 7.99. The van der Waals surface area contributed by atoms with E-state index < -0.39 is 0 Å². The Labute approximate surface area is 113 Å². The van der Waals surface area contributed by atoms with Crippen LogP contribution in [0, 0.1) is 5.82 Å². The number of hydrogen-bond acceptors (Lipinski definition) is 3. The lowest BCUT2D eigenvalue weighted by Gasteiger charge is -2.25. The number of benzene rings is 1. The summed E-state index contributed by atoms with van der Waals surface area (Å²) < 4.78 is 13.4. The van der Waals surface area contributed by atoms with E-state index in [1.165, 1.54) is 6.07 Å². The lowest BCUT2D eigenvalue weighted by molar-refractivity contribution is 0.201. The number of hydrogen-bond donors (Lipinski definition) is 1. The molecule has 4 heteroatoms. The predicted molar refractivity (Wildman–Crippen MR) is 75.5 cm³/mol. The molecule has 0 spiro atoms.